The maximum absolute atomic E-state index is 6.29. The summed E-state index contributed by atoms with van der Waals surface area (Å²) in [5, 5.41) is 3.41. The van der Waals surface area contributed by atoms with Gasteiger partial charge in [0.25, 0.3) is 0 Å². The molecule has 1 N–H and O–H groups in total. The Morgan fingerprint density at radius 3 is 2.65 bits per heavy atom. The Bertz CT molecular complexity index is 721. The summed E-state index contributed by atoms with van der Waals surface area (Å²) >= 11 is 0. The molecule has 1 aromatic carbocycles. The van der Waals surface area contributed by atoms with E-state index in [0.717, 1.165) is 61.7 Å². The van der Waals surface area contributed by atoms with Crippen molar-refractivity contribution in [3.63, 3.8) is 0 Å². The molecule has 1 fully saturated rings. The van der Waals surface area contributed by atoms with Crippen molar-refractivity contribution in [3.8, 4) is 11.3 Å². The van der Waals surface area contributed by atoms with Gasteiger partial charge in [0.1, 0.15) is 5.69 Å². The lowest BCUT2D eigenvalue weighted by atomic mass is 9.97. The third kappa shape index (κ3) is 3.02. The number of nitrogens with one attached hydrogen (secondary N) is 1. The SMILES string of the molecule is C1=CCCC(c2nc(C3CCNCC3)oc2-c2ccccc2)=C1. The Hall–Kier alpha value is -2.13. The summed E-state index contributed by atoms with van der Waals surface area (Å²) in [5.41, 5.74) is 3.44. The van der Waals surface area contributed by atoms with Gasteiger partial charge in [-0.05, 0) is 44.3 Å². The van der Waals surface area contributed by atoms with Gasteiger partial charge in [-0.2, -0.15) is 0 Å². The quantitative estimate of drug-likeness (QED) is 0.904. The number of nitrogens with zero attached hydrogens (tertiary/aromatic N) is 1. The van der Waals surface area contributed by atoms with Crippen LogP contribution in [-0.2, 0) is 0 Å². The first-order chi connectivity index (χ1) is 11.4. The van der Waals surface area contributed by atoms with Crippen LogP contribution in [0.25, 0.3) is 16.9 Å². The van der Waals surface area contributed by atoms with Gasteiger partial charge in [-0.3, -0.25) is 0 Å². The zero-order chi connectivity index (χ0) is 15.5. The molecule has 118 valence electrons. The molecule has 4 rings (SSSR count). The third-order valence-corrected chi connectivity index (χ3v) is 4.69. The number of oxazole rings is 1. The average molecular weight is 306 g/mol. The van der Waals surface area contributed by atoms with E-state index in [2.05, 4.69) is 47.8 Å². The van der Waals surface area contributed by atoms with Crippen molar-refractivity contribution in [2.75, 3.05) is 13.1 Å². The van der Waals surface area contributed by atoms with Crippen molar-refractivity contribution in [2.45, 2.75) is 31.6 Å². The van der Waals surface area contributed by atoms with Crippen molar-refractivity contribution in [2.24, 2.45) is 0 Å². The number of hydrogen-bond donors (Lipinski definition) is 1. The molecule has 0 spiro atoms. The van der Waals surface area contributed by atoms with E-state index in [4.69, 9.17) is 9.40 Å². The first-order valence-corrected chi connectivity index (χ1v) is 8.55. The Kier molecular flexibility index (Phi) is 4.12. The highest BCUT2D eigenvalue weighted by Crippen LogP contribution is 2.36. The second-order valence-electron chi connectivity index (χ2n) is 6.28. The second-order valence-corrected chi connectivity index (χ2v) is 6.28. The Morgan fingerprint density at radius 1 is 1.09 bits per heavy atom. The van der Waals surface area contributed by atoms with Crippen LogP contribution >= 0.6 is 0 Å². The molecule has 0 bridgehead atoms. The minimum atomic E-state index is 0.437. The number of hydrogen-bond acceptors (Lipinski definition) is 3. The molecule has 1 aliphatic heterocycles. The third-order valence-electron chi connectivity index (χ3n) is 4.69. The van der Waals surface area contributed by atoms with Gasteiger partial charge in [0, 0.05) is 11.5 Å². The topological polar surface area (TPSA) is 38.1 Å². The van der Waals surface area contributed by atoms with Gasteiger partial charge in [0.15, 0.2) is 11.7 Å². The summed E-state index contributed by atoms with van der Waals surface area (Å²) in [7, 11) is 0. The molecule has 3 nitrogen and oxygen atoms in total. The minimum absolute atomic E-state index is 0.437. The van der Waals surface area contributed by atoms with E-state index in [0.29, 0.717) is 5.92 Å². The van der Waals surface area contributed by atoms with E-state index < -0.39 is 0 Å². The molecule has 2 aliphatic rings. The van der Waals surface area contributed by atoms with E-state index in [1.54, 1.807) is 0 Å². The minimum Gasteiger partial charge on any atom is -0.440 e. The fraction of sp³-hybridized carbons (Fsp3) is 0.350. The number of rotatable bonds is 3. The molecule has 0 amide bonds. The van der Waals surface area contributed by atoms with Crippen LogP contribution in [0, 0.1) is 0 Å². The Morgan fingerprint density at radius 2 is 1.91 bits per heavy atom. The molecule has 0 radical (unpaired) electrons. The van der Waals surface area contributed by atoms with Crippen molar-refractivity contribution in [3.05, 3.63) is 60.1 Å². The molecular formula is C20H22N2O. The standard InChI is InChI=1S/C20H22N2O/c1-3-7-15(8-4-1)18-19(16-9-5-2-6-10-16)23-20(22-18)17-11-13-21-14-12-17/h1-3,5-7,9-10,17,21H,4,8,11-14H2. The van der Waals surface area contributed by atoms with Gasteiger partial charge in [-0.25, -0.2) is 4.98 Å². The zero-order valence-corrected chi connectivity index (χ0v) is 13.3. The average Bonchev–Trinajstić information content (AvgIpc) is 3.09. The first-order valence-electron chi connectivity index (χ1n) is 8.55. The molecule has 0 atom stereocenters. The predicted octanol–water partition coefficient (Wildman–Crippen LogP) is 4.54. The van der Waals surface area contributed by atoms with E-state index in [1.165, 1.54) is 5.57 Å². The zero-order valence-electron chi connectivity index (χ0n) is 13.3. The molecule has 1 aromatic heterocycles. The largest absolute Gasteiger partial charge is 0.440 e. The van der Waals surface area contributed by atoms with Crippen LogP contribution in [0.15, 0.2) is 53.0 Å². The van der Waals surface area contributed by atoms with Gasteiger partial charge in [0.2, 0.25) is 0 Å². The van der Waals surface area contributed by atoms with Crippen LogP contribution in [0.4, 0.5) is 0 Å². The van der Waals surface area contributed by atoms with Crippen LogP contribution in [0.1, 0.15) is 43.2 Å². The number of aromatic nitrogens is 1. The molecule has 0 unspecified atom stereocenters. The van der Waals surface area contributed by atoms with E-state index >= 15 is 0 Å². The van der Waals surface area contributed by atoms with Gasteiger partial charge in [-0.15, -0.1) is 0 Å². The molecule has 0 saturated carbocycles. The van der Waals surface area contributed by atoms with E-state index in [9.17, 15) is 0 Å². The second kappa shape index (κ2) is 6.55. The van der Waals surface area contributed by atoms with Crippen molar-refractivity contribution >= 4 is 5.57 Å². The molecule has 1 aliphatic carbocycles. The molecular weight excluding hydrogens is 284 g/mol. The highest BCUT2D eigenvalue weighted by Gasteiger charge is 2.25. The Balaban J connectivity index is 1.77. The van der Waals surface area contributed by atoms with E-state index in [1.807, 2.05) is 6.07 Å². The summed E-state index contributed by atoms with van der Waals surface area (Å²) in [6.45, 7) is 2.10. The van der Waals surface area contributed by atoms with Crippen LogP contribution in [0.3, 0.4) is 0 Å². The fourth-order valence-corrected chi connectivity index (χ4v) is 3.38. The summed E-state index contributed by atoms with van der Waals surface area (Å²) in [4.78, 5) is 4.94. The lowest BCUT2D eigenvalue weighted by Gasteiger charge is -2.19. The molecule has 2 heterocycles. The molecule has 3 heteroatoms. The number of benzene rings is 1. The van der Waals surface area contributed by atoms with Gasteiger partial charge >= 0.3 is 0 Å². The lowest BCUT2D eigenvalue weighted by Crippen LogP contribution is -2.26. The summed E-state index contributed by atoms with van der Waals surface area (Å²) in [6.07, 6.45) is 10.8. The number of piperidine rings is 1. The summed E-state index contributed by atoms with van der Waals surface area (Å²) in [6, 6.07) is 10.4. The summed E-state index contributed by atoms with van der Waals surface area (Å²) < 4.78 is 6.29. The Labute approximate surface area is 137 Å². The van der Waals surface area contributed by atoms with Crippen LogP contribution in [0.2, 0.25) is 0 Å². The lowest BCUT2D eigenvalue weighted by molar-refractivity contribution is 0.378. The highest BCUT2D eigenvalue weighted by atomic mass is 16.4. The normalized spacial score (nSPS) is 18.9. The van der Waals surface area contributed by atoms with Crippen molar-refractivity contribution in [1.29, 1.82) is 0 Å². The fourth-order valence-electron chi connectivity index (χ4n) is 3.38. The van der Waals surface area contributed by atoms with Crippen LogP contribution < -0.4 is 5.32 Å². The van der Waals surface area contributed by atoms with E-state index in [-0.39, 0.29) is 0 Å². The number of allylic oxidation sites excluding steroid dienone is 4. The maximum atomic E-state index is 6.29. The molecule has 1 saturated heterocycles. The monoisotopic (exact) mass is 306 g/mol. The summed E-state index contributed by atoms with van der Waals surface area (Å²) in [5.74, 6) is 2.28. The first kappa shape index (κ1) is 14.5. The van der Waals surface area contributed by atoms with Crippen molar-refractivity contribution in [1.82, 2.24) is 10.3 Å². The highest BCUT2D eigenvalue weighted by molar-refractivity contribution is 5.77. The maximum Gasteiger partial charge on any atom is 0.198 e. The van der Waals surface area contributed by atoms with Crippen LogP contribution in [0.5, 0.6) is 0 Å². The van der Waals surface area contributed by atoms with Gasteiger partial charge < -0.3 is 9.73 Å². The van der Waals surface area contributed by atoms with Gasteiger partial charge in [-0.1, -0.05) is 48.6 Å². The predicted molar refractivity (Wildman–Crippen MR) is 93.1 cm³/mol. The molecule has 2 aromatic rings. The molecule has 23 heavy (non-hydrogen) atoms. The van der Waals surface area contributed by atoms with Crippen LogP contribution in [-0.4, -0.2) is 18.1 Å². The van der Waals surface area contributed by atoms with Crippen molar-refractivity contribution < 1.29 is 4.42 Å². The smallest absolute Gasteiger partial charge is 0.198 e. The van der Waals surface area contributed by atoms with Gasteiger partial charge in [0.05, 0.1) is 0 Å².